The maximum Gasteiger partial charge on any atom is 0.223 e. The van der Waals surface area contributed by atoms with Crippen molar-refractivity contribution in [3.8, 4) is 11.4 Å². The molecule has 0 unspecified atom stereocenters. The van der Waals surface area contributed by atoms with E-state index in [9.17, 15) is 13.2 Å². The van der Waals surface area contributed by atoms with Gasteiger partial charge in [-0.05, 0) is 12.1 Å². The Morgan fingerprint density at radius 3 is 2.22 bits per heavy atom. The van der Waals surface area contributed by atoms with Gasteiger partial charge in [-0.25, -0.2) is 18.2 Å². The van der Waals surface area contributed by atoms with Crippen LogP contribution in [0.25, 0.3) is 11.4 Å². The van der Waals surface area contributed by atoms with Crippen molar-refractivity contribution in [2.45, 2.75) is 13.3 Å². The van der Waals surface area contributed by atoms with Crippen LogP contribution in [0.2, 0.25) is 0 Å². The number of benzene rings is 1. The van der Waals surface area contributed by atoms with Gasteiger partial charge in [-0.15, -0.1) is 0 Å². The van der Waals surface area contributed by atoms with Crippen LogP contribution in [0, 0.1) is 17.5 Å². The second-order valence-corrected chi connectivity index (χ2v) is 3.54. The van der Waals surface area contributed by atoms with Crippen LogP contribution < -0.4 is 5.73 Å². The second kappa shape index (κ2) is 4.59. The van der Waals surface area contributed by atoms with E-state index in [4.69, 9.17) is 5.73 Å². The largest absolute Gasteiger partial charge is 0.368 e. The molecular formula is C11H9F3N4. The molecule has 1 aromatic carbocycles. The van der Waals surface area contributed by atoms with Gasteiger partial charge in [0.1, 0.15) is 5.82 Å². The molecule has 0 spiro atoms. The summed E-state index contributed by atoms with van der Waals surface area (Å²) >= 11 is 0. The first-order valence-corrected chi connectivity index (χ1v) is 5.16. The van der Waals surface area contributed by atoms with Crippen LogP contribution in [-0.4, -0.2) is 15.0 Å². The van der Waals surface area contributed by atoms with E-state index in [0.29, 0.717) is 12.2 Å². The zero-order chi connectivity index (χ0) is 13.3. The van der Waals surface area contributed by atoms with Crippen molar-refractivity contribution in [3.63, 3.8) is 0 Å². The van der Waals surface area contributed by atoms with Crippen molar-refractivity contribution < 1.29 is 13.2 Å². The molecule has 0 saturated carbocycles. The molecule has 0 fully saturated rings. The Morgan fingerprint density at radius 2 is 1.67 bits per heavy atom. The van der Waals surface area contributed by atoms with E-state index < -0.39 is 17.5 Å². The summed E-state index contributed by atoms with van der Waals surface area (Å²) in [5.74, 6) is -3.79. The number of hydrogen-bond donors (Lipinski definition) is 1. The topological polar surface area (TPSA) is 64.7 Å². The second-order valence-electron chi connectivity index (χ2n) is 3.54. The SMILES string of the molecule is CCc1nc(N)nc(-c2cc(F)c(F)c(F)c2)n1. The lowest BCUT2D eigenvalue weighted by Gasteiger charge is -2.04. The molecule has 2 aromatic rings. The van der Waals surface area contributed by atoms with Crippen molar-refractivity contribution in [1.82, 2.24) is 15.0 Å². The summed E-state index contributed by atoms with van der Waals surface area (Å²) in [6, 6.07) is 1.62. The van der Waals surface area contributed by atoms with Crippen LogP contribution in [0.3, 0.4) is 0 Å². The molecule has 2 N–H and O–H groups in total. The van der Waals surface area contributed by atoms with Crippen LogP contribution in [0.15, 0.2) is 12.1 Å². The highest BCUT2D eigenvalue weighted by atomic mass is 19.2. The van der Waals surface area contributed by atoms with Crippen molar-refractivity contribution in [1.29, 1.82) is 0 Å². The Bertz CT molecular complexity index is 578. The van der Waals surface area contributed by atoms with Gasteiger partial charge in [-0.1, -0.05) is 6.92 Å². The number of nitrogens with two attached hydrogens (primary N) is 1. The summed E-state index contributed by atoms with van der Waals surface area (Å²) in [6.07, 6.45) is 0.492. The summed E-state index contributed by atoms with van der Waals surface area (Å²) < 4.78 is 39.0. The monoisotopic (exact) mass is 254 g/mol. The first-order valence-electron chi connectivity index (χ1n) is 5.16. The minimum Gasteiger partial charge on any atom is -0.368 e. The number of aryl methyl sites for hydroxylation is 1. The molecule has 1 aromatic heterocycles. The molecule has 0 bridgehead atoms. The molecule has 0 amide bonds. The molecule has 4 nitrogen and oxygen atoms in total. The quantitative estimate of drug-likeness (QED) is 0.833. The Hall–Kier alpha value is -2.18. The first-order chi connectivity index (χ1) is 8.51. The summed E-state index contributed by atoms with van der Waals surface area (Å²) in [4.78, 5) is 11.6. The highest BCUT2D eigenvalue weighted by Gasteiger charge is 2.14. The molecule has 0 aliphatic carbocycles. The predicted molar refractivity (Wildman–Crippen MR) is 58.9 cm³/mol. The third kappa shape index (κ3) is 2.24. The minimum atomic E-state index is -1.53. The number of nitrogens with zero attached hydrogens (tertiary/aromatic N) is 3. The molecule has 18 heavy (non-hydrogen) atoms. The van der Waals surface area contributed by atoms with Crippen molar-refractivity contribution in [3.05, 3.63) is 35.4 Å². The molecule has 94 valence electrons. The Kier molecular flexibility index (Phi) is 3.14. The van der Waals surface area contributed by atoms with E-state index >= 15 is 0 Å². The highest BCUT2D eigenvalue weighted by Crippen LogP contribution is 2.21. The average molecular weight is 254 g/mol. The smallest absolute Gasteiger partial charge is 0.223 e. The number of anilines is 1. The van der Waals surface area contributed by atoms with Crippen LogP contribution >= 0.6 is 0 Å². The lowest BCUT2D eigenvalue weighted by Crippen LogP contribution is -2.05. The average Bonchev–Trinajstić information content (AvgIpc) is 2.34. The zero-order valence-electron chi connectivity index (χ0n) is 9.41. The van der Waals surface area contributed by atoms with Gasteiger partial charge in [0, 0.05) is 12.0 Å². The van der Waals surface area contributed by atoms with Crippen LogP contribution in [-0.2, 0) is 6.42 Å². The Morgan fingerprint density at radius 1 is 1.06 bits per heavy atom. The van der Waals surface area contributed by atoms with E-state index in [1.54, 1.807) is 6.92 Å². The van der Waals surface area contributed by atoms with Crippen molar-refractivity contribution in [2.75, 3.05) is 5.73 Å². The lowest BCUT2D eigenvalue weighted by atomic mass is 10.2. The molecule has 0 atom stereocenters. The number of halogens is 3. The first kappa shape index (κ1) is 12.3. The van der Waals surface area contributed by atoms with Gasteiger partial charge >= 0.3 is 0 Å². The van der Waals surface area contributed by atoms with Gasteiger partial charge in [0.2, 0.25) is 5.95 Å². The molecule has 7 heteroatoms. The van der Waals surface area contributed by atoms with E-state index in [0.717, 1.165) is 12.1 Å². The van der Waals surface area contributed by atoms with Gasteiger partial charge < -0.3 is 5.73 Å². The van der Waals surface area contributed by atoms with Crippen molar-refractivity contribution in [2.24, 2.45) is 0 Å². The molecule has 0 aliphatic heterocycles. The zero-order valence-corrected chi connectivity index (χ0v) is 9.41. The summed E-state index contributed by atoms with van der Waals surface area (Å²) in [6.45, 7) is 1.80. The molecule has 0 aliphatic rings. The summed E-state index contributed by atoms with van der Waals surface area (Å²) in [5.41, 5.74) is 5.46. The molecule has 1 heterocycles. The highest BCUT2D eigenvalue weighted by molar-refractivity contribution is 5.56. The van der Waals surface area contributed by atoms with E-state index in [2.05, 4.69) is 15.0 Å². The van der Waals surface area contributed by atoms with Crippen LogP contribution in [0.1, 0.15) is 12.7 Å². The normalized spacial score (nSPS) is 10.7. The maximum atomic E-state index is 13.1. The lowest BCUT2D eigenvalue weighted by molar-refractivity contribution is 0.447. The van der Waals surface area contributed by atoms with Gasteiger partial charge in [0.05, 0.1) is 0 Å². The van der Waals surface area contributed by atoms with Crippen LogP contribution in [0.4, 0.5) is 19.1 Å². The van der Waals surface area contributed by atoms with Gasteiger partial charge in [0.15, 0.2) is 23.3 Å². The Labute approximate surface area is 101 Å². The minimum absolute atomic E-state index is 0.00944. The standard InChI is InChI=1S/C11H9F3N4/c1-2-8-16-10(18-11(15)17-8)5-3-6(12)9(14)7(13)4-5/h3-4H,2H2,1H3,(H2,15,16,17,18). The third-order valence-corrected chi connectivity index (χ3v) is 2.26. The third-order valence-electron chi connectivity index (χ3n) is 2.26. The predicted octanol–water partition coefficient (Wildman–Crippen LogP) is 2.10. The van der Waals surface area contributed by atoms with Gasteiger partial charge in [-0.2, -0.15) is 9.97 Å². The van der Waals surface area contributed by atoms with Crippen molar-refractivity contribution >= 4 is 5.95 Å². The number of nitrogen functional groups attached to an aromatic ring is 1. The van der Waals surface area contributed by atoms with Gasteiger partial charge in [-0.3, -0.25) is 0 Å². The molecule has 2 rings (SSSR count). The number of hydrogen-bond acceptors (Lipinski definition) is 4. The van der Waals surface area contributed by atoms with Gasteiger partial charge in [0.25, 0.3) is 0 Å². The Balaban J connectivity index is 2.58. The summed E-state index contributed by atoms with van der Waals surface area (Å²) in [7, 11) is 0. The van der Waals surface area contributed by atoms with E-state index in [1.807, 2.05) is 0 Å². The fourth-order valence-electron chi connectivity index (χ4n) is 1.41. The van der Waals surface area contributed by atoms with Crippen LogP contribution in [0.5, 0.6) is 0 Å². The molecule has 0 radical (unpaired) electrons. The number of rotatable bonds is 2. The number of aromatic nitrogens is 3. The molecular weight excluding hydrogens is 245 g/mol. The molecule has 0 saturated heterocycles. The maximum absolute atomic E-state index is 13.1. The summed E-state index contributed by atoms with van der Waals surface area (Å²) in [5, 5.41) is 0. The van der Waals surface area contributed by atoms with E-state index in [-0.39, 0.29) is 17.3 Å². The fraction of sp³-hybridized carbons (Fsp3) is 0.182. The fourth-order valence-corrected chi connectivity index (χ4v) is 1.41. The van der Waals surface area contributed by atoms with E-state index in [1.165, 1.54) is 0 Å².